The number of fused-ring (bicyclic) bond motifs is 2. The van der Waals surface area contributed by atoms with Crippen molar-refractivity contribution in [2.75, 3.05) is 23.6 Å². The molecule has 0 radical (unpaired) electrons. The number of carbonyl (C=O) groups excluding carboxylic acids is 2. The van der Waals surface area contributed by atoms with Crippen LogP contribution in [0.3, 0.4) is 0 Å². The van der Waals surface area contributed by atoms with Gasteiger partial charge in [0.25, 0.3) is 5.91 Å². The molecule has 11 nitrogen and oxygen atoms in total. The molecule has 0 saturated carbocycles. The van der Waals surface area contributed by atoms with Crippen LogP contribution in [0.1, 0.15) is 54.5 Å². The second-order valence-corrected chi connectivity index (χ2v) is 21.5. The largest absolute Gasteiger partial charge is 0.497 e. The summed E-state index contributed by atoms with van der Waals surface area (Å²) in [6.07, 6.45) is 2.97. The Bertz CT molecular complexity index is 2570. The smallest absolute Gasteiger partial charge is 0.268 e. The van der Waals surface area contributed by atoms with Crippen LogP contribution in [-0.4, -0.2) is 65.5 Å². The number of anilines is 3. The topological polar surface area (TPSA) is 122 Å². The lowest BCUT2D eigenvalue weighted by Crippen LogP contribution is -2.51. The molecule has 1 unspecified atom stereocenters. The van der Waals surface area contributed by atoms with Crippen molar-refractivity contribution in [3.63, 3.8) is 0 Å². The van der Waals surface area contributed by atoms with Crippen LogP contribution in [0, 0.1) is 5.92 Å². The Hall–Kier alpha value is -6.21. The molecule has 1 aromatic heterocycles. The summed E-state index contributed by atoms with van der Waals surface area (Å²) >= 11 is 0. The fraction of sp³-hybridized carbons (Fsp3) is 0.286. The molecule has 1 N–H and O–H groups in total. The summed E-state index contributed by atoms with van der Waals surface area (Å²) in [5, 5.41) is 27.0. The Balaban J connectivity index is 1.14. The first kappa shape index (κ1) is 40.2. The van der Waals surface area contributed by atoms with Crippen LogP contribution in [0.4, 0.5) is 17.1 Å². The van der Waals surface area contributed by atoms with Gasteiger partial charge in [0.2, 0.25) is 5.91 Å². The molecule has 12 heteroatoms. The molecule has 0 bridgehead atoms. The van der Waals surface area contributed by atoms with E-state index in [1.807, 2.05) is 132 Å². The number of aliphatic hydroxyl groups is 1. The van der Waals surface area contributed by atoms with E-state index in [1.165, 1.54) is 10.2 Å². The van der Waals surface area contributed by atoms with Gasteiger partial charge < -0.3 is 14.6 Å². The molecule has 1 saturated heterocycles. The van der Waals surface area contributed by atoms with Crippen LogP contribution >= 0.6 is 0 Å². The van der Waals surface area contributed by atoms with Gasteiger partial charge in [-0.3, -0.25) is 19.2 Å². The van der Waals surface area contributed by atoms with Crippen LogP contribution in [0.25, 0.3) is 0 Å². The van der Waals surface area contributed by atoms with E-state index in [9.17, 15) is 9.90 Å². The van der Waals surface area contributed by atoms with E-state index < -0.39 is 13.7 Å². The molecule has 1 fully saturated rings. The molecule has 0 aliphatic carbocycles. The minimum atomic E-state index is -2.47. The minimum Gasteiger partial charge on any atom is -0.497 e. The van der Waals surface area contributed by atoms with E-state index in [0.717, 1.165) is 39.5 Å². The molecule has 3 aliphatic heterocycles. The molecule has 6 aromatic rings. The Labute approximate surface area is 357 Å². The lowest BCUT2D eigenvalue weighted by molar-refractivity contribution is -0.145. The first-order valence-electron chi connectivity index (χ1n) is 21.0. The lowest BCUT2D eigenvalue weighted by Gasteiger charge is -2.37. The van der Waals surface area contributed by atoms with Gasteiger partial charge in [-0.2, -0.15) is 5.10 Å². The van der Waals surface area contributed by atoms with Crippen LogP contribution in [0.5, 0.6) is 5.75 Å². The minimum absolute atomic E-state index is 0.0334. The summed E-state index contributed by atoms with van der Waals surface area (Å²) in [6, 6.07) is 43.6. The van der Waals surface area contributed by atoms with Gasteiger partial charge in [0, 0.05) is 42.8 Å². The highest BCUT2D eigenvalue weighted by Crippen LogP contribution is 2.61. The van der Waals surface area contributed by atoms with E-state index in [0.29, 0.717) is 37.2 Å². The van der Waals surface area contributed by atoms with Crippen molar-refractivity contribution in [1.29, 1.82) is 0 Å². The molecule has 310 valence electrons. The van der Waals surface area contributed by atoms with Crippen molar-refractivity contribution in [2.24, 2.45) is 11.0 Å². The van der Waals surface area contributed by atoms with Gasteiger partial charge in [-0.25, -0.2) is 5.01 Å². The molecule has 4 heterocycles. The molecule has 3 aliphatic rings. The maximum atomic E-state index is 15.6. The van der Waals surface area contributed by atoms with Crippen molar-refractivity contribution in [2.45, 2.75) is 69.0 Å². The highest BCUT2D eigenvalue weighted by atomic mass is 28.3. The summed E-state index contributed by atoms with van der Waals surface area (Å²) in [6.45, 7) is 7.29. The third-order valence-electron chi connectivity index (χ3n) is 13.1. The average molecular weight is 831 g/mol. The second kappa shape index (κ2) is 16.3. The van der Waals surface area contributed by atoms with Gasteiger partial charge >= 0.3 is 0 Å². The number of para-hydroxylation sites is 1. The highest BCUT2D eigenvalue weighted by molar-refractivity contribution is 6.91. The fourth-order valence-corrected chi connectivity index (χ4v) is 14.0. The summed E-state index contributed by atoms with van der Waals surface area (Å²) in [4.78, 5) is 31.1. The predicted octanol–water partition coefficient (Wildman–Crippen LogP) is 7.93. The molecule has 1 spiro atoms. The standard InChI is InChI=1S/C49H50N6O5Si/c1-33-47(61(3,4)39-23-21-38(59-2)22-24-39)45(28-29-53-31-43(50-52-53)40(32-56)34-14-8-5-9-15-34)60-49(33)41-30-37(20-26-44(41)54(48(49)58)36-18-12-7-13-19-36)55-46(57)27-25-42(51-55)35-16-10-6-11-17-35/h5-24,26,30-31,33,40,45,47,56H,25,27-29,32H2,1-4H3/t33-,40?,45+,47-,49+/m0/s1. The first-order valence-corrected chi connectivity index (χ1v) is 24.1. The third kappa shape index (κ3) is 7.08. The van der Waals surface area contributed by atoms with E-state index in [4.69, 9.17) is 14.6 Å². The van der Waals surface area contributed by atoms with Gasteiger partial charge in [-0.15, -0.1) is 5.10 Å². The number of hydrogen-bond acceptors (Lipinski definition) is 8. The van der Waals surface area contributed by atoms with Crippen molar-refractivity contribution in [1.82, 2.24) is 15.0 Å². The monoisotopic (exact) mass is 830 g/mol. The SMILES string of the molecule is COc1ccc([Si](C)(C)[C@@H]2[C@@H](CCn3cc(C(CO)c4ccccc4)nn3)O[C@]3(C(=O)N(c4ccccc4)c4ccc(N5N=C(c6ccccc6)CCC5=O)cc43)[C@H]2C)cc1. The molecule has 9 rings (SSSR count). The van der Waals surface area contributed by atoms with Crippen LogP contribution < -0.4 is 19.8 Å². The molecule has 61 heavy (non-hydrogen) atoms. The van der Waals surface area contributed by atoms with Crippen LogP contribution in [-0.2, 0) is 26.5 Å². The molecular weight excluding hydrogens is 781 g/mol. The Morgan fingerprint density at radius 1 is 0.869 bits per heavy atom. The normalized spacial score (nSPS) is 21.8. The number of methoxy groups -OCH3 is 1. The summed E-state index contributed by atoms with van der Waals surface area (Å²) in [5.41, 5.74) is 4.84. The first-order chi connectivity index (χ1) is 29.6. The zero-order chi connectivity index (χ0) is 42.3. The molecule has 5 aromatic carbocycles. The zero-order valence-electron chi connectivity index (χ0n) is 34.9. The lowest BCUT2D eigenvalue weighted by atomic mass is 9.82. The number of aromatic nitrogens is 3. The maximum Gasteiger partial charge on any atom is 0.268 e. The number of carbonyl (C=O) groups is 2. The van der Waals surface area contributed by atoms with Gasteiger partial charge in [0.05, 0.1) is 56.6 Å². The number of ether oxygens (including phenoxy) is 2. The average Bonchev–Trinajstić information content (AvgIpc) is 3.96. The van der Waals surface area contributed by atoms with E-state index in [1.54, 1.807) is 12.0 Å². The number of aliphatic hydroxyl groups excluding tert-OH is 1. The van der Waals surface area contributed by atoms with E-state index in [-0.39, 0.29) is 41.9 Å². The number of rotatable bonds is 12. The zero-order valence-corrected chi connectivity index (χ0v) is 35.9. The Kier molecular flexibility index (Phi) is 10.8. The van der Waals surface area contributed by atoms with Gasteiger partial charge in [0.1, 0.15) is 5.75 Å². The maximum absolute atomic E-state index is 15.6. The number of benzene rings is 5. The van der Waals surface area contributed by atoms with Crippen molar-refractivity contribution >= 4 is 47.8 Å². The third-order valence-corrected chi connectivity index (χ3v) is 17.4. The Morgan fingerprint density at radius 2 is 1.56 bits per heavy atom. The quantitative estimate of drug-likeness (QED) is 0.124. The van der Waals surface area contributed by atoms with Crippen LogP contribution in [0.2, 0.25) is 18.6 Å². The predicted molar refractivity (Wildman–Crippen MR) is 239 cm³/mol. The van der Waals surface area contributed by atoms with Crippen molar-refractivity contribution in [3.8, 4) is 5.75 Å². The summed E-state index contributed by atoms with van der Waals surface area (Å²) in [5.74, 6) is -0.0568. The van der Waals surface area contributed by atoms with Crippen molar-refractivity contribution < 1.29 is 24.2 Å². The molecular formula is C49H50N6O5Si. The second-order valence-electron chi connectivity index (χ2n) is 16.8. The highest BCUT2D eigenvalue weighted by Gasteiger charge is 2.66. The Morgan fingerprint density at radius 3 is 2.25 bits per heavy atom. The van der Waals surface area contributed by atoms with Crippen LogP contribution in [0.15, 0.2) is 145 Å². The number of hydrazone groups is 1. The van der Waals surface area contributed by atoms with E-state index >= 15 is 4.79 Å². The van der Waals surface area contributed by atoms with E-state index in [2.05, 4.69) is 42.5 Å². The number of nitrogens with zero attached hydrogens (tertiary/aromatic N) is 6. The van der Waals surface area contributed by atoms with Gasteiger partial charge in [-0.05, 0) is 65.6 Å². The summed E-state index contributed by atoms with van der Waals surface area (Å²) < 4.78 is 14.9. The fourth-order valence-electron chi connectivity index (χ4n) is 9.95. The van der Waals surface area contributed by atoms with Crippen molar-refractivity contribution in [3.05, 3.63) is 162 Å². The molecule has 2 amide bonds. The van der Waals surface area contributed by atoms with Gasteiger partial charge in [-0.1, -0.05) is 121 Å². The summed E-state index contributed by atoms with van der Waals surface area (Å²) in [7, 11) is -0.804. The number of hydrogen-bond donors (Lipinski definition) is 1. The molecule has 5 atom stereocenters. The number of amides is 2. The number of aryl methyl sites for hydroxylation is 1. The van der Waals surface area contributed by atoms with Gasteiger partial charge in [0.15, 0.2) is 5.60 Å².